The van der Waals surface area contributed by atoms with Crippen molar-refractivity contribution in [2.24, 2.45) is 5.92 Å². The van der Waals surface area contributed by atoms with Crippen molar-refractivity contribution in [3.05, 3.63) is 38.6 Å². The van der Waals surface area contributed by atoms with Gasteiger partial charge in [-0.1, -0.05) is 41.4 Å². The predicted octanol–water partition coefficient (Wildman–Crippen LogP) is 5.78. The molecule has 1 aliphatic rings. The fourth-order valence-corrected chi connectivity index (χ4v) is 4.42. The van der Waals surface area contributed by atoms with Gasteiger partial charge in [0.15, 0.2) is 0 Å². The SMILES string of the molecule is Cc1sc(C2CCC(C)C2)nc1-c1cccc(Br)c1. The molecule has 0 radical (unpaired) electrons. The van der Waals surface area contributed by atoms with Crippen LogP contribution in [0, 0.1) is 12.8 Å². The molecule has 19 heavy (non-hydrogen) atoms. The normalized spacial score (nSPS) is 22.9. The molecule has 100 valence electrons. The van der Waals surface area contributed by atoms with E-state index in [2.05, 4.69) is 54.0 Å². The van der Waals surface area contributed by atoms with Crippen LogP contribution in [0.4, 0.5) is 0 Å². The summed E-state index contributed by atoms with van der Waals surface area (Å²) in [6.45, 7) is 4.55. The van der Waals surface area contributed by atoms with E-state index in [0.29, 0.717) is 5.92 Å². The molecular formula is C16H18BrNS. The summed E-state index contributed by atoms with van der Waals surface area (Å²) in [5.41, 5.74) is 2.39. The molecule has 0 N–H and O–H groups in total. The van der Waals surface area contributed by atoms with Crippen molar-refractivity contribution in [1.82, 2.24) is 4.98 Å². The van der Waals surface area contributed by atoms with Crippen LogP contribution >= 0.6 is 27.3 Å². The molecule has 0 aliphatic heterocycles. The van der Waals surface area contributed by atoms with Crippen molar-refractivity contribution in [2.75, 3.05) is 0 Å². The van der Waals surface area contributed by atoms with Crippen LogP contribution in [0.15, 0.2) is 28.7 Å². The summed E-state index contributed by atoms with van der Waals surface area (Å²) < 4.78 is 1.12. The monoisotopic (exact) mass is 335 g/mol. The van der Waals surface area contributed by atoms with E-state index < -0.39 is 0 Å². The minimum atomic E-state index is 0.694. The Balaban J connectivity index is 1.93. The Morgan fingerprint density at radius 2 is 2.16 bits per heavy atom. The number of thiazole rings is 1. The molecule has 0 bridgehead atoms. The summed E-state index contributed by atoms with van der Waals surface area (Å²) in [7, 11) is 0. The Labute approximate surface area is 127 Å². The third-order valence-corrected chi connectivity index (χ3v) is 5.58. The van der Waals surface area contributed by atoms with Crippen LogP contribution < -0.4 is 0 Å². The number of aryl methyl sites for hydroxylation is 1. The number of halogens is 1. The van der Waals surface area contributed by atoms with Gasteiger partial charge < -0.3 is 0 Å². The topological polar surface area (TPSA) is 12.9 Å². The van der Waals surface area contributed by atoms with E-state index in [4.69, 9.17) is 4.98 Å². The molecular weight excluding hydrogens is 318 g/mol. The Morgan fingerprint density at radius 1 is 1.32 bits per heavy atom. The number of aromatic nitrogens is 1. The minimum Gasteiger partial charge on any atom is -0.241 e. The van der Waals surface area contributed by atoms with Crippen molar-refractivity contribution >= 4 is 27.3 Å². The predicted molar refractivity (Wildman–Crippen MR) is 85.7 cm³/mol. The smallest absolute Gasteiger partial charge is 0.0966 e. The van der Waals surface area contributed by atoms with Crippen LogP contribution in [0.5, 0.6) is 0 Å². The summed E-state index contributed by atoms with van der Waals surface area (Å²) in [5, 5.41) is 1.34. The summed E-state index contributed by atoms with van der Waals surface area (Å²) in [4.78, 5) is 6.28. The van der Waals surface area contributed by atoms with Gasteiger partial charge in [-0.3, -0.25) is 0 Å². The second kappa shape index (κ2) is 5.37. The van der Waals surface area contributed by atoms with Crippen molar-refractivity contribution < 1.29 is 0 Å². The number of hydrogen-bond acceptors (Lipinski definition) is 2. The van der Waals surface area contributed by atoms with Crippen molar-refractivity contribution in [3.8, 4) is 11.3 Å². The van der Waals surface area contributed by atoms with Gasteiger partial charge in [0.25, 0.3) is 0 Å². The molecule has 1 fully saturated rings. The molecule has 0 spiro atoms. The molecule has 3 heteroatoms. The van der Waals surface area contributed by atoms with Gasteiger partial charge in [-0.15, -0.1) is 11.3 Å². The molecule has 1 aromatic heterocycles. The molecule has 1 aliphatic carbocycles. The minimum absolute atomic E-state index is 0.694. The van der Waals surface area contributed by atoms with E-state index in [-0.39, 0.29) is 0 Å². The number of nitrogens with zero attached hydrogens (tertiary/aromatic N) is 1. The zero-order valence-electron chi connectivity index (χ0n) is 11.3. The highest BCUT2D eigenvalue weighted by molar-refractivity contribution is 9.10. The summed E-state index contributed by atoms with van der Waals surface area (Å²) in [6, 6.07) is 8.44. The van der Waals surface area contributed by atoms with Crippen LogP contribution in [0.1, 0.15) is 42.0 Å². The van der Waals surface area contributed by atoms with Gasteiger partial charge in [0, 0.05) is 20.8 Å². The fraction of sp³-hybridized carbons (Fsp3) is 0.438. The number of hydrogen-bond donors (Lipinski definition) is 0. The lowest BCUT2D eigenvalue weighted by Gasteiger charge is -2.04. The van der Waals surface area contributed by atoms with Gasteiger partial charge in [-0.05, 0) is 37.8 Å². The van der Waals surface area contributed by atoms with Gasteiger partial charge in [-0.2, -0.15) is 0 Å². The number of rotatable bonds is 2. The summed E-state index contributed by atoms with van der Waals surface area (Å²) >= 11 is 5.43. The third-order valence-electron chi connectivity index (χ3n) is 3.96. The van der Waals surface area contributed by atoms with Crippen LogP contribution in [0.2, 0.25) is 0 Å². The molecule has 1 saturated carbocycles. The Morgan fingerprint density at radius 3 is 2.84 bits per heavy atom. The van der Waals surface area contributed by atoms with E-state index in [1.807, 2.05) is 11.3 Å². The Bertz CT molecular complexity index is 590. The molecule has 1 nitrogen and oxygen atoms in total. The zero-order chi connectivity index (χ0) is 13.4. The quantitative estimate of drug-likeness (QED) is 0.677. The zero-order valence-corrected chi connectivity index (χ0v) is 13.7. The molecule has 1 aromatic carbocycles. The van der Waals surface area contributed by atoms with Crippen LogP contribution in [0.25, 0.3) is 11.3 Å². The second-order valence-electron chi connectivity index (χ2n) is 5.58. The maximum Gasteiger partial charge on any atom is 0.0966 e. The molecule has 3 rings (SSSR count). The molecule has 1 heterocycles. The molecule has 2 aromatic rings. The van der Waals surface area contributed by atoms with E-state index >= 15 is 0 Å². The van der Waals surface area contributed by atoms with Crippen LogP contribution in [0.3, 0.4) is 0 Å². The van der Waals surface area contributed by atoms with Crippen LogP contribution in [-0.4, -0.2) is 4.98 Å². The van der Waals surface area contributed by atoms with Crippen molar-refractivity contribution in [1.29, 1.82) is 0 Å². The summed E-state index contributed by atoms with van der Waals surface area (Å²) in [5.74, 6) is 1.56. The average Bonchev–Trinajstić information content (AvgIpc) is 2.95. The van der Waals surface area contributed by atoms with Crippen molar-refractivity contribution in [3.63, 3.8) is 0 Å². The number of benzene rings is 1. The maximum atomic E-state index is 4.94. The van der Waals surface area contributed by atoms with E-state index in [1.54, 1.807) is 0 Å². The highest BCUT2D eigenvalue weighted by Crippen LogP contribution is 2.41. The average molecular weight is 336 g/mol. The molecule has 0 saturated heterocycles. The van der Waals surface area contributed by atoms with Crippen LogP contribution in [-0.2, 0) is 0 Å². The highest BCUT2D eigenvalue weighted by atomic mass is 79.9. The molecule has 0 amide bonds. The molecule has 2 unspecified atom stereocenters. The Hall–Kier alpha value is -0.670. The standard InChI is InChI=1S/C16H18BrNS/c1-10-6-7-13(8-10)16-18-15(11(2)19-16)12-4-3-5-14(17)9-12/h3-5,9-10,13H,6-8H2,1-2H3. The van der Waals surface area contributed by atoms with E-state index in [9.17, 15) is 0 Å². The maximum absolute atomic E-state index is 4.94. The van der Waals surface area contributed by atoms with Gasteiger partial charge in [0.1, 0.15) is 0 Å². The first-order valence-electron chi connectivity index (χ1n) is 6.86. The fourth-order valence-electron chi connectivity index (χ4n) is 2.93. The first kappa shape index (κ1) is 13.3. The van der Waals surface area contributed by atoms with Crippen molar-refractivity contribution in [2.45, 2.75) is 39.0 Å². The Kier molecular flexibility index (Phi) is 3.77. The lowest BCUT2D eigenvalue weighted by atomic mass is 10.1. The first-order valence-corrected chi connectivity index (χ1v) is 8.47. The first-order chi connectivity index (χ1) is 9.13. The largest absolute Gasteiger partial charge is 0.241 e. The highest BCUT2D eigenvalue weighted by Gasteiger charge is 2.26. The van der Waals surface area contributed by atoms with Gasteiger partial charge in [0.05, 0.1) is 10.7 Å². The third kappa shape index (κ3) is 2.77. The molecule has 2 atom stereocenters. The van der Waals surface area contributed by atoms with E-state index in [0.717, 1.165) is 10.4 Å². The second-order valence-corrected chi connectivity index (χ2v) is 7.73. The van der Waals surface area contributed by atoms with E-state index in [1.165, 1.54) is 40.4 Å². The summed E-state index contributed by atoms with van der Waals surface area (Å²) in [6.07, 6.45) is 3.98. The lowest BCUT2D eigenvalue weighted by Crippen LogP contribution is -1.92. The van der Waals surface area contributed by atoms with Gasteiger partial charge >= 0.3 is 0 Å². The van der Waals surface area contributed by atoms with Gasteiger partial charge in [-0.25, -0.2) is 4.98 Å². The lowest BCUT2D eigenvalue weighted by molar-refractivity contribution is 0.596. The van der Waals surface area contributed by atoms with Gasteiger partial charge in [0.2, 0.25) is 0 Å².